The lowest BCUT2D eigenvalue weighted by Crippen LogP contribution is -2.47. The van der Waals surface area contributed by atoms with Crippen LogP contribution < -0.4 is 4.43 Å². The first-order valence-electron chi connectivity index (χ1n) is 4.43. The second-order valence-electron chi connectivity index (χ2n) is 3.78. The summed E-state index contributed by atoms with van der Waals surface area (Å²) in [5.74, 6) is 0.783. The van der Waals surface area contributed by atoms with Crippen molar-refractivity contribution in [3.8, 4) is 5.88 Å². The Bertz CT molecular complexity index is 262. The summed E-state index contributed by atoms with van der Waals surface area (Å²) in [5.41, 5.74) is 0. The molecular formula is C9H16NOSi2. The third kappa shape index (κ3) is 2.97. The summed E-state index contributed by atoms with van der Waals surface area (Å²) in [7, 11) is -1.81. The Balaban J connectivity index is 2.69. The Kier molecular flexibility index (Phi) is 3.27. The van der Waals surface area contributed by atoms with Crippen LogP contribution in [0, 0.1) is 0 Å². The Morgan fingerprint density at radius 1 is 1.31 bits per heavy atom. The van der Waals surface area contributed by atoms with E-state index in [1.54, 1.807) is 6.20 Å². The number of nitrogens with zero attached hydrogens (tertiary/aromatic N) is 1. The minimum absolute atomic E-state index is 0.332. The maximum Gasteiger partial charge on any atom is 0.228 e. The minimum Gasteiger partial charge on any atom is -0.534 e. The maximum absolute atomic E-state index is 5.94. The molecule has 71 valence electrons. The molecule has 1 rings (SSSR count). The molecule has 0 N–H and O–H groups in total. The number of aromatic nitrogens is 1. The molecule has 0 saturated heterocycles. The highest BCUT2D eigenvalue weighted by Crippen LogP contribution is 2.14. The molecule has 0 aromatic carbocycles. The highest BCUT2D eigenvalue weighted by molar-refractivity contribution is 7.28. The van der Waals surface area contributed by atoms with Gasteiger partial charge in [-0.2, -0.15) is 0 Å². The van der Waals surface area contributed by atoms with Crippen LogP contribution >= 0.6 is 0 Å². The van der Waals surface area contributed by atoms with Gasteiger partial charge in [0, 0.05) is 6.20 Å². The molecule has 0 unspecified atom stereocenters. The summed E-state index contributed by atoms with van der Waals surface area (Å²) in [4.78, 5) is 4.18. The molecule has 0 amide bonds. The molecule has 0 aliphatic carbocycles. The van der Waals surface area contributed by atoms with E-state index in [0.29, 0.717) is 0 Å². The predicted octanol–water partition coefficient (Wildman–Crippen LogP) is 2.50. The average Bonchev–Trinajstić information content (AvgIpc) is 2.05. The molecule has 0 aliphatic rings. The quantitative estimate of drug-likeness (QED) is 0.715. The van der Waals surface area contributed by atoms with Crippen LogP contribution in [0.4, 0.5) is 0 Å². The molecule has 0 bridgehead atoms. The third-order valence-electron chi connectivity index (χ3n) is 2.20. The van der Waals surface area contributed by atoms with E-state index in [4.69, 9.17) is 4.43 Å². The average molecular weight is 210 g/mol. The first-order chi connectivity index (χ1) is 6.02. The molecular weight excluding hydrogens is 194 g/mol. The molecule has 0 atom stereocenters. The van der Waals surface area contributed by atoms with Crippen LogP contribution in [-0.4, -0.2) is 21.1 Å². The van der Waals surface area contributed by atoms with Crippen LogP contribution in [0.2, 0.25) is 26.2 Å². The molecule has 0 fully saturated rings. The van der Waals surface area contributed by atoms with Gasteiger partial charge in [0.2, 0.25) is 7.83 Å². The fourth-order valence-electron chi connectivity index (χ4n) is 0.771. The zero-order valence-electron chi connectivity index (χ0n) is 8.66. The molecule has 1 aromatic rings. The first kappa shape index (κ1) is 10.5. The van der Waals surface area contributed by atoms with Gasteiger partial charge in [0.25, 0.3) is 0 Å². The fraction of sp³-hybridized carbons (Fsp3) is 0.444. The van der Waals surface area contributed by atoms with Gasteiger partial charge in [-0.25, -0.2) is 4.98 Å². The monoisotopic (exact) mass is 210 g/mol. The Hall–Kier alpha value is -0.616. The Morgan fingerprint density at radius 2 is 2.00 bits per heavy atom. The molecule has 1 heterocycles. The van der Waals surface area contributed by atoms with Crippen molar-refractivity contribution in [2.45, 2.75) is 26.2 Å². The topological polar surface area (TPSA) is 22.1 Å². The SMILES string of the molecule is C[Si](C)[Si](C)(C)Oc1ccccn1. The second kappa shape index (κ2) is 4.06. The van der Waals surface area contributed by atoms with Crippen molar-refractivity contribution in [3.63, 3.8) is 0 Å². The van der Waals surface area contributed by atoms with Crippen LogP contribution in [0.5, 0.6) is 5.88 Å². The molecule has 13 heavy (non-hydrogen) atoms. The van der Waals surface area contributed by atoms with Crippen molar-refractivity contribution >= 4 is 16.1 Å². The van der Waals surface area contributed by atoms with Crippen molar-refractivity contribution in [3.05, 3.63) is 24.4 Å². The van der Waals surface area contributed by atoms with Gasteiger partial charge in [-0.1, -0.05) is 19.2 Å². The van der Waals surface area contributed by atoms with Crippen molar-refractivity contribution in [2.24, 2.45) is 0 Å². The van der Waals surface area contributed by atoms with E-state index < -0.39 is 7.83 Å². The zero-order valence-corrected chi connectivity index (χ0v) is 10.7. The number of pyridine rings is 1. The fourth-order valence-corrected chi connectivity index (χ4v) is 2.54. The van der Waals surface area contributed by atoms with E-state index in [0.717, 1.165) is 5.88 Å². The third-order valence-corrected chi connectivity index (χ3v) is 12.9. The van der Waals surface area contributed by atoms with E-state index >= 15 is 0 Å². The largest absolute Gasteiger partial charge is 0.534 e. The van der Waals surface area contributed by atoms with Gasteiger partial charge >= 0.3 is 0 Å². The molecule has 1 aromatic heterocycles. The van der Waals surface area contributed by atoms with E-state index in [9.17, 15) is 0 Å². The zero-order chi connectivity index (χ0) is 9.90. The van der Waals surface area contributed by atoms with Crippen molar-refractivity contribution in [1.82, 2.24) is 4.98 Å². The minimum atomic E-state index is -1.48. The van der Waals surface area contributed by atoms with Crippen LogP contribution in [-0.2, 0) is 0 Å². The van der Waals surface area contributed by atoms with Gasteiger partial charge in [-0.05, 0) is 25.2 Å². The van der Waals surface area contributed by atoms with Gasteiger partial charge in [0.1, 0.15) is 0 Å². The van der Waals surface area contributed by atoms with E-state index in [2.05, 4.69) is 31.2 Å². The van der Waals surface area contributed by atoms with E-state index in [1.807, 2.05) is 18.2 Å². The van der Waals surface area contributed by atoms with Crippen molar-refractivity contribution in [2.75, 3.05) is 0 Å². The molecule has 1 radical (unpaired) electrons. The molecule has 2 nitrogen and oxygen atoms in total. The lowest BCUT2D eigenvalue weighted by molar-refractivity contribution is 0.545. The normalized spacial score (nSPS) is 11.8. The van der Waals surface area contributed by atoms with Gasteiger partial charge in [-0.3, -0.25) is 0 Å². The first-order valence-corrected chi connectivity index (χ1v) is 10.8. The van der Waals surface area contributed by atoms with E-state index in [-0.39, 0.29) is 8.31 Å². The van der Waals surface area contributed by atoms with E-state index in [1.165, 1.54) is 0 Å². The second-order valence-corrected chi connectivity index (χ2v) is 15.6. The van der Waals surface area contributed by atoms with Gasteiger partial charge in [-0.15, -0.1) is 0 Å². The summed E-state index contributed by atoms with van der Waals surface area (Å²) in [6, 6.07) is 5.80. The number of hydrogen-bond acceptors (Lipinski definition) is 2. The van der Waals surface area contributed by atoms with Crippen LogP contribution in [0.1, 0.15) is 0 Å². The number of hydrogen-bond donors (Lipinski definition) is 0. The Morgan fingerprint density at radius 3 is 2.46 bits per heavy atom. The summed E-state index contributed by atoms with van der Waals surface area (Å²) in [5, 5.41) is 0. The highest BCUT2D eigenvalue weighted by atomic mass is 29.2. The maximum atomic E-state index is 5.94. The molecule has 0 saturated carbocycles. The summed E-state index contributed by atoms with van der Waals surface area (Å²) in [6.07, 6.45) is 1.78. The summed E-state index contributed by atoms with van der Waals surface area (Å²) in [6.45, 7) is 9.13. The van der Waals surface area contributed by atoms with Crippen LogP contribution in [0.3, 0.4) is 0 Å². The standard InChI is InChI=1S/C9H16NOSi2/c1-12(2)13(3,4)11-9-7-5-6-8-10-9/h5-8H,1-4H3. The highest BCUT2D eigenvalue weighted by Gasteiger charge is 2.30. The van der Waals surface area contributed by atoms with Crippen LogP contribution in [0.15, 0.2) is 24.4 Å². The molecule has 0 aliphatic heterocycles. The summed E-state index contributed by atoms with van der Waals surface area (Å²) >= 11 is 0. The van der Waals surface area contributed by atoms with Crippen molar-refractivity contribution in [1.29, 1.82) is 0 Å². The Labute approximate surface area is 82.5 Å². The lowest BCUT2D eigenvalue weighted by atomic mass is 10.5. The predicted molar refractivity (Wildman–Crippen MR) is 59.8 cm³/mol. The smallest absolute Gasteiger partial charge is 0.228 e. The van der Waals surface area contributed by atoms with Gasteiger partial charge in [0.15, 0.2) is 5.88 Å². The van der Waals surface area contributed by atoms with Gasteiger partial charge in [0.05, 0.1) is 8.31 Å². The van der Waals surface area contributed by atoms with Gasteiger partial charge < -0.3 is 4.43 Å². The molecule has 4 heteroatoms. The number of rotatable bonds is 3. The van der Waals surface area contributed by atoms with Crippen LogP contribution in [0.25, 0.3) is 0 Å². The molecule has 0 spiro atoms. The van der Waals surface area contributed by atoms with Crippen molar-refractivity contribution < 1.29 is 4.43 Å². The lowest BCUT2D eigenvalue weighted by Gasteiger charge is -2.26. The summed E-state index contributed by atoms with van der Waals surface area (Å²) < 4.78 is 5.94.